The fourth-order valence-electron chi connectivity index (χ4n) is 1.90. The molecule has 0 aliphatic carbocycles. The molecule has 2 N–H and O–H groups in total. The summed E-state index contributed by atoms with van der Waals surface area (Å²) >= 11 is 1.55. The van der Waals surface area contributed by atoms with Crippen LogP contribution in [-0.2, 0) is 15.0 Å². The Morgan fingerprint density at radius 2 is 1.91 bits per heavy atom. The van der Waals surface area contributed by atoms with Crippen LogP contribution in [-0.4, -0.2) is 18.4 Å². The van der Waals surface area contributed by atoms with Crippen LogP contribution in [0.15, 0.2) is 35.0 Å². The first-order valence-corrected chi connectivity index (χ1v) is 7.81. The lowest BCUT2D eigenvalue weighted by Crippen LogP contribution is -2.42. The van der Waals surface area contributed by atoms with E-state index < -0.39 is 23.4 Å². The molecule has 122 valence electrons. The third-order valence-electron chi connectivity index (χ3n) is 3.38. The average molecular weight is 338 g/mol. The van der Waals surface area contributed by atoms with Gasteiger partial charge < -0.3 is 10.6 Å². The second-order valence-electron chi connectivity index (χ2n) is 5.66. The van der Waals surface area contributed by atoms with Crippen LogP contribution in [0.3, 0.4) is 0 Å². The van der Waals surface area contributed by atoms with Gasteiger partial charge in [0.25, 0.3) is 0 Å². The van der Waals surface area contributed by atoms with Gasteiger partial charge in [-0.3, -0.25) is 9.59 Å². The van der Waals surface area contributed by atoms with Crippen molar-refractivity contribution in [3.8, 4) is 0 Å². The van der Waals surface area contributed by atoms with Crippen molar-refractivity contribution in [2.75, 3.05) is 11.9 Å². The van der Waals surface area contributed by atoms with Crippen molar-refractivity contribution in [2.45, 2.75) is 19.3 Å². The van der Waals surface area contributed by atoms with Crippen LogP contribution < -0.4 is 10.6 Å². The number of hydrogen-bond donors (Lipinski definition) is 2. The van der Waals surface area contributed by atoms with Crippen molar-refractivity contribution in [3.05, 3.63) is 52.2 Å². The number of benzene rings is 1. The average Bonchev–Trinajstić information content (AvgIpc) is 3.02. The SMILES string of the molecule is CC(C)(CNC(=O)C(=O)Nc1ccc(F)cc1F)c1ccsc1. The quantitative estimate of drug-likeness (QED) is 0.842. The van der Waals surface area contributed by atoms with Crippen LogP contribution in [0.4, 0.5) is 14.5 Å². The van der Waals surface area contributed by atoms with Crippen molar-refractivity contribution < 1.29 is 18.4 Å². The van der Waals surface area contributed by atoms with Crippen LogP contribution in [0, 0.1) is 11.6 Å². The van der Waals surface area contributed by atoms with Gasteiger partial charge in [-0.2, -0.15) is 11.3 Å². The Bertz CT molecular complexity index is 715. The number of nitrogens with one attached hydrogen (secondary N) is 2. The van der Waals surface area contributed by atoms with Gasteiger partial charge in [0, 0.05) is 18.0 Å². The normalized spacial score (nSPS) is 11.1. The van der Waals surface area contributed by atoms with E-state index in [1.165, 1.54) is 0 Å². The molecule has 0 saturated heterocycles. The molecule has 0 saturated carbocycles. The van der Waals surface area contributed by atoms with Crippen molar-refractivity contribution in [2.24, 2.45) is 0 Å². The van der Waals surface area contributed by atoms with Crippen LogP contribution in [0.5, 0.6) is 0 Å². The number of anilines is 1. The first kappa shape index (κ1) is 17.1. The Labute approximate surface area is 136 Å². The van der Waals surface area contributed by atoms with Gasteiger partial charge in [-0.1, -0.05) is 13.8 Å². The fourth-order valence-corrected chi connectivity index (χ4v) is 2.75. The van der Waals surface area contributed by atoms with E-state index in [4.69, 9.17) is 0 Å². The fraction of sp³-hybridized carbons (Fsp3) is 0.250. The standard InChI is InChI=1S/C16H16F2N2O2S/c1-16(2,10-5-6-23-8-10)9-19-14(21)15(22)20-13-4-3-11(17)7-12(13)18/h3-8H,9H2,1-2H3,(H,19,21)(H,20,22). The molecule has 0 fully saturated rings. The Kier molecular flexibility index (Phi) is 5.10. The van der Waals surface area contributed by atoms with Crippen LogP contribution >= 0.6 is 11.3 Å². The summed E-state index contributed by atoms with van der Waals surface area (Å²) in [6.07, 6.45) is 0. The Balaban J connectivity index is 1.94. The van der Waals surface area contributed by atoms with Crippen molar-refractivity contribution in [1.29, 1.82) is 0 Å². The molecular formula is C16H16F2N2O2S. The molecule has 4 nitrogen and oxygen atoms in total. The van der Waals surface area contributed by atoms with E-state index >= 15 is 0 Å². The Morgan fingerprint density at radius 3 is 2.52 bits per heavy atom. The molecule has 0 unspecified atom stereocenters. The third kappa shape index (κ3) is 4.35. The first-order chi connectivity index (χ1) is 10.8. The largest absolute Gasteiger partial charge is 0.347 e. The van der Waals surface area contributed by atoms with Crippen molar-refractivity contribution in [1.82, 2.24) is 5.32 Å². The molecule has 1 aromatic carbocycles. The summed E-state index contributed by atoms with van der Waals surface area (Å²) in [7, 11) is 0. The maximum Gasteiger partial charge on any atom is 0.313 e. The summed E-state index contributed by atoms with van der Waals surface area (Å²) in [5.74, 6) is -3.58. The van der Waals surface area contributed by atoms with E-state index in [2.05, 4.69) is 10.6 Å². The lowest BCUT2D eigenvalue weighted by atomic mass is 9.86. The minimum Gasteiger partial charge on any atom is -0.347 e. The lowest BCUT2D eigenvalue weighted by molar-refractivity contribution is -0.136. The van der Waals surface area contributed by atoms with Gasteiger partial charge >= 0.3 is 11.8 Å². The summed E-state index contributed by atoms with van der Waals surface area (Å²) in [6.45, 7) is 4.13. The Hall–Kier alpha value is -2.28. The number of thiophene rings is 1. The summed E-state index contributed by atoms with van der Waals surface area (Å²) < 4.78 is 26.2. The van der Waals surface area contributed by atoms with Gasteiger partial charge in [-0.25, -0.2) is 8.78 Å². The Morgan fingerprint density at radius 1 is 1.17 bits per heavy atom. The molecule has 0 aliphatic rings. The minimum absolute atomic E-state index is 0.247. The molecule has 2 aromatic rings. The van der Waals surface area contributed by atoms with Crippen LogP contribution in [0.25, 0.3) is 0 Å². The second-order valence-corrected chi connectivity index (χ2v) is 6.44. The molecule has 1 heterocycles. The number of hydrogen-bond acceptors (Lipinski definition) is 3. The van der Waals surface area contributed by atoms with Crippen LogP contribution in [0.2, 0.25) is 0 Å². The molecule has 2 amide bonds. The van der Waals surface area contributed by atoms with Gasteiger partial charge in [-0.05, 0) is 34.5 Å². The maximum atomic E-state index is 13.4. The van der Waals surface area contributed by atoms with E-state index in [9.17, 15) is 18.4 Å². The number of amides is 2. The predicted octanol–water partition coefficient (Wildman–Crippen LogP) is 3.06. The molecule has 23 heavy (non-hydrogen) atoms. The van der Waals surface area contributed by atoms with E-state index in [1.54, 1.807) is 11.3 Å². The van der Waals surface area contributed by atoms with Crippen molar-refractivity contribution >= 4 is 28.8 Å². The number of halogens is 2. The topological polar surface area (TPSA) is 58.2 Å². The monoisotopic (exact) mass is 338 g/mol. The first-order valence-electron chi connectivity index (χ1n) is 6.86. The summed E-state index contributed by atoms with van der Waals surface area (Å²) in [6, 6.07) is 4.64. The molecule has 0 spiro atoms. The van der Waals surface area contributed by atoms with E-state index in [0.717, 1.165) is 17.7 Å². The highest BCUT2D eigenvalue weighted by Gasteiger charge is 2.24. The van der Waals surface area contributed by atoms with Crippen LogP contribution in [0.1, 0.15) is 19.4 Å². The molecular weight excluding hydrogens is 322 g/mol. The lowest BCUT2D eigenvalue weighted by Gasteiger charge is -2.24. The summed E-state index contributed by atoms with van der Waals surface area (Å²) in [4.78, 5) is 23.6. The van der Waals surface area contributed by atoms with E-state index in [1.807, 2.05) is 30.7 Å². The molecule has 1 aromatic heterocycles. The molecule has 2 rings (SSSR count). The number of carbonyl (C=O) groups is 2. The predicted molar refractivity (Wildman–Crippen MR) is 85.3 cm³/mol. The summed E-state index contributed by atoms with van der Waals surface area (Å²) in [5.41, 5.74) is 0.466. The minimum atomic E-state index is -1.00. The highest BCUT2D eigenvalue weighted by atomic mass is 32.1. The zero-order valence-electron chi connectivity index (χ0n) is 12.7. The molecule has 0 bridgehead atoms. The molecule has 7 heteroatoms. The molecule has 0 aliphatic heterocycles. The number of rotatable bonds is 4. The van der Waals surface area contributed by atoms with Gasteiger partial charge in [-0.15, -0.1) is 0 Å². The smallest absolute Gasteiger partial charge is 0.313 e. The van der Waals surface area contributed by atoms with Crippen molar-refractivity contribution in [3.63, 3.8) is 0 Å². The van der Waals surface area contributed by atoms with E-state index in [-0.39, 0.29) is 17.6 Å². The number of carbonyl (C=O) groups excluding carboxylic acids is 2. The third-order valence-corrected chi connectivity index (χ3v) is 4.06. The zero-order chi connectivity index (χ0) is 17.0. The second kappa shape index (κ2) is 6.87. The zero-order valence-corrected chi connectivity index (χ0v) is 13.5. The van der Waals surface area contributed by atoms with E-state index in [0.29, 0.717) is 6.07 Å². The maximum absolute atomic E-state index is 13.4. The highest BCUT2D eigenvalue weighted by Crippen LogP contribution is 2.24. The molecule has 0 radical (unpaired) electrons. The van der Waals surface area contributed by atoms with Gasteiger partial charge in [0.2, 0.25) is 0 Å². The molecule has 0 atom stereocenters. The van der Waals surface area contributed by atoms with Gasteiger partial charge in [0.15, 0.2) is 0 Å². The van der Waals surface area contributed by atoms with Gasteiger partial charge in [0.05, 0.1) is 5.69 Å². The van der Waals surface area contributed by atoms with Gasteiger partial charge in [0.1, 0.15) is 11.6 Å². The summed E-state index contributed by atoms with van der Waals surface area (Å²) in [5, 5.41) is 8.54. The highest BCUT2D eigenvalue weighted by molar-refractivity contribution is 7.08.